The maximum Gasteiger partial charge on any atom is 0.254 e. The van der Waals surface area contributed by atoms with Crippen molar-refractivity contribution >= 4 is 0 Å². The lowest BCUT2D eigenvalue weighted by Gasteiger charge is -2.12. The Morgan fingerprint density at radius 1 is 1.10 bits per heavy atom. The molecule has 0 fully saturated rings. The zero-order valence-corrected chi connectivity index (χ0v) is 13.2. The second kappa shape index (κ2) is 6.12. The van der Waals surface area contributed by atoms with Crippen LogP contribution in [0.3, 0.4) is 0 Å². The van der Waals surface area contributed by atoms with Gasteiger partial charge in [-0.05, 0) is 36.1 Å². The molecule has 0 saturated carbocycles. The molecule has 2 aromatic rings. The van der Waals surface area contributed by atoms with Crippen molar-refractivity contribution in [1.29, 1.82) is 0 Å². The molecule has 0 saturated heterocycles. The second-order valence-electron chi connectivity index (χ2n) is 5.90. The average molecular weight is 286 g/mol. The van der Waals surface area contributed by atoms with Crippen LogP contribution in [-0.2, 0) is 0 Å². The zero-order valence-electron chi connectivity index (χ0n) is 13.2. The Hall–Kier alpha value is -2.10. The van der Waals surface area contributed by atoms with Crippen LogP contribution in [0.15, 0.2) is 29.1 Å². The first-order valence-electron chi connectivity index (χ1n) is 7.26. The molecule has 4 heteroatoms. The van der Waals surface area contributed by atoms with E-state index < -0.39 is 0 Å². The van der Waals surface area contributed by atoms with Gasteiger partial charge in [0.05, 0.1) is 6.07 Å². The number of aromatic amines is 1. The first-order chi connectivity index (χ1) is 9.86. The molecule has 1 aromatic carbocycles. The quantitative estimate of drug-likeness (QED) is 0.920. The summed E-state index contributed by atoms with van der Waals surface area (Å²) < 4.78 is 5.73. The monoisotopic (exact) mass is 286 g/mol. The van der Waals surface area contributed by atoms with Gasteiger partial charge >= 0.3 is 0 Å². The number of nitrogens with zero attached hydrogens (tertiary/aromatic N) is 1. The molecule has 112 valence electrons. The SMILES string of the molecule is Cc1cc(Oc2cc(=O)[nH]c(C(C)C)n2)ccc1C(C)C. The van der Waals surface area contributed by atoms with Gasteiger partial charge in [0.25, 0.3) is 5.56 Å². The van der Waals surface area contributed by atoms with Crippen molar-refractivity contribution in [1.82, 2.24) is 9.97 Å². The Balaban J connectivity index is 2.30. The van der Waals surface area contributed by atoms with E-state index in [4.69, 9.17) is 4.74 Å². The molecule has 0 bridgehead atoms. The maximum atomic E-state index is 11.6. The molecule has 1 N–H and O–H groups in total. The van der Waals surface area contributed by atoms with Gasteiger partial charge in [0.15, 0.2) is 0 Å². The molecule has 0 aliphatic heterocycles. The van der Waals surface area contributed by atoms with Crippen LogP contribution in [0, 0.1) is 6.92 Å². The fraction of sp³-hybridized carbons (Fsp3) is 0.412. The summed E-state index contributed by atoms with van der Waals surface area (Å²) in [6, 6.07) is 7.33. The lowest BCUT2D eigenvalue weighted by molar-refractivity contribution is 0.455. The van der Waals surface area contributed by atoms with E-state index in [-0.39, 0.29) is 11.5 Å². The van der Waals surface area contributed by atoms with Gasteiger partial charge < -0.3 is 9.72 Å². The van der Waals surface area contributed by atoms with Crippen molar-refractivity contribution in [3.05, 3.63) is 51.6 Å². The Bertz CT molecular complexity index is 687. The summed E-state index contributed by atoms with van der Waals surface area (Å²) in [5, 5.41) is 0. The van der Waals surface area contributed by atoms with Crippen molar-refractivity contribution in [3.63, 3.8) is 0 Å². The van der Waals surface area contributed by atoms with E-state index in [2.05, 4.69) is 36.8 Å². The Kier molecular flexibility index (Phi) is 4.46. The van der Waals surface area contributed by atoms with Crippen LogP contribution >= 0.6 is 0 Å². The topological polar surface area (TPSA) is 55.0 Å². The third kappa shape index (κ3) is 3.72. The van der Waals surface area contributed by atoms with Crippen molar-refractivity contribution in [2.45, 2.75) is 46.5 Å². The van der Waals surface area contributed by atoms with Crippen molar-refractivity contribution in [2.75, 3.05) is 0 Å². The van der Waals surface area contributed by atoms with Crippen molar-refractivity contribution < 1.29 is 4.74 Å². The predicted octanol–water partition coefficient (Wildman–Crippen LogP) is 4.12. The third-order valence-corrected chi connectivity index (χ3v) is 3.37. The molecule has 0 aliphatic carbocycles. The molecule has 1 aromatic heterocycles. The first-order valence-corrected chi connectivity index (χ1v) is 7.26. The first kappa shape index (κ1) is 15.3. The summed E-state index contributed by atoms with van der Waals surface area (Å²) in [4.78, 5) is 18.7. The van der Waals surface area contributed by atoms with Crippen LogP contribution in [0.5, 0.6) is 11.6 Å². The van der Waals surface area contributed by atoms with Gasteiger partial charge in [0.2, 0.25) is 5.88 Å². The van der Waals surface area contributed by atoms with E-state index in [1.807, 2.05) is 26.0 Å². The summed E-state index contributed by atoms with van der Waals surface area (Å²) in [6.45, 7) is 10.3. The van der Waals surface area contributed by atoms with Gasteiger partial charge in [-0.3, -0.25) is 4.79 Å². The highest BCUT2D eigenvalue weighted by Gasteiger charge is 2.09. The molecule has 2 rings (SSSR count). The molecule has 1 heterocycles. The van der Waals surface area contributed by atoms with Gasteiger partial charge in [-0.2, -0.15) is 4.98 Å². The predicted molar refractivity (Wildman–Crippen MR) is 84.3 cm³/mol. The number of hydrogen-bond acceptors (Lipinski definition) is 3. The van der Waals surface area contributed by atoms with Crippen LogP contribution in [0.4, 0.5) is 0 Å². The van der Waals surface area contributed by atoms with Crippen molar-refractivity contribution in [2.24, 2.45) is 0 Å². The minimum Gasteiger partial charge on any atom is -0.439 e. The molecule has 0 radical (unpaired) electrons. The molecule has 0 spiro atoms. The molecule has 0 atom stereocenters. The maximum absolute atomic E-state index is 11.6. The minimum atomic E-state index is -0.195. The number of rotatable bonds is 4. The number of H-pyrrole nitrogens is 1. The van der Waals surface area contributed by atoms with Gasteiger partial charge in [0, 0.05) is 5.92 Å². The number of nitrogens with one attached hydrogen (secondary N) is 1. The summed E-state index contributed by atoms with van der Waals surface area (Å²) in [6.07, 6.45) is 0. The fourth-order valence-corrected chi connectivity index (χ4v) is 2.26. The third-order valence-electron chi connectivity index (χ3n) is 3.37. The van der Waals surface area contributed by atoms with Crippen LogP contribution < -0.4 is 10.3 Å². The van der Waals surface area contributed by atoms with E-state index in [1.54, 1.807) is 0 Å². The normalized spacial score (nSPS) is 11.2. The summed E-state index contributed by atoms with van der Waals surface area (Å²) in [7, 11) is 0. The number of hydrogen-bond donors (Lipinski definition) is 1. The van der Waals surface area contributed by atoms with E-state index in [1.165, 1.54) is 17.2 Å². The highest BCUT2D eigenvalue weighted by Crippen LogP contribution is 2.26. The number of aromatic nitrogens is 2. The highest BCUT2D eigenvalue weighted by molar-refractivity contribution is 5.38. The van der Waals surface area contributed by atoms with Gasteiger partial charge in [-0.1, -0.05) is 33.8 Å². The Labute approximate surface area is 125 Å². The van der Waals surface area contributed by atoms with E-state index in [0.29, 0.717) is 23.4 Å². The number of aryl methyl sites for hydroxylation is 1. The van der Waals surface area contributed by atoms with E-state index in [9.17, 15) is 4.79 Å². The molecule has 0 aliphatic rings. The van der Waals surface area contributed by atoms with Crippen LogP contribution in [0.2, 0.25) is 0 Å². The number of benzene rings is 1. The largest absolute Gasteiger partial charge is 0.439 e. The van der Waals surface area contributed by atoms with Gasteiger partial charge in [0.1, 0.15) is 11.6 Å². The zero-order chi connectivity index (χ0) is 15.6. The second-order valence-corrected chi connectivity index (χ2v) is 5.90. The Morgan fingerprint density at radius 2 is 1.81 bits per heavy atom. The molecule has 4 nitrogen and oxygen atoms in total. The molecule has 0 amide bonds. The van der Waals surface area contributed by atoms with Crippen LogP contribution in [-0.4, -0.2) is 9.97 Å². The van der Waals surface area contributed by atoms with Gasteiger partial charge in [-0.25, -0.2) is 0 Å². The number of ether oxygens (including phenoxy) is 1. The van der Waals surface area contributed by atoms with E-state index >= 15 is 0 Å². The Morgan fingerprint density at radius 3 is 2.38 bits per heavy atom. The van der Waals surface area contributed by atoms with E-state index in [0.717, 1.165) is 0 Å². The lowest BCUT2D eigenvalue weighted by Crippen LogP contribution is -2.12. The molecule has 21 heavy (non-hydrogen) atoms. The smallest absolute Gasteiger partial charge is 0.254 e. The summed E-state index contributed by atoms with van der Waals surface area (Å²) in [5.41, 5.74) is 2.28. The molecular weight excluding hydrogens is 264 g/mol. The highest BCUT2D eigenvalue weighted by atomic mass is 16.5. The molecule has 0 unspecified atom stereocenters. The average Bonchev–Trinajstić information content (AvgIpc) is 2.37. The van der Waals surface area contributed by atoms with Gasteiger partial charge in [-0.15, -0.1) is 0 Å². The minimum absolute atomic E-state index is 0.145. The van der Waals surface area contributed by atoms with Crippen LogP contribution in [0.25, 0.3) is 0 Å². The van der Waals surface area contributed by atoms with Crippen molar-refractivity contribution in [3.8, 4) is 11.6 Å². The van der Waals surface area contributed by atoms with Crippen LogP contribution in [0.1, 0.15) is 56.5 Å². The molecular formula is C17H22N2O2. The standard InChI is InChI=1S/C17H22N2O2/c1-10(2)14-7-6-13(8-12(14)5)21-16-9-15(20)18-17(19-16)11(3)4/h6-11H,1-5H3,(H,18,19,20). The fourth-order valence-electron chi connectivity index (χ4n) is 2.26. The summed E-state index contributed by atoms with van der Waals surface area (Å²) in [5.74, 6) is 2.28. The lowest BCUT2D eigenvalue weighted by atomic mass is 9.98. The summed E-state index contributed by atoms with van der Waals surface area (Å²) >= 11 is 0.